The number of Topliss-reactive ketones (excluding diaryl/α,β-unsaturated/α-hetero) is 1. The minimum absolute atomic E-state index is 0.0169. The molecule has 6 nitrogen and oxygen atoms in total. The monoisotopic (exact) mass is 336 g/mol. The zero-order chi connectivity index (χ0) is 16.7. The maximum absolute atomic E-state index is 12.1. The molecule has 1 aromatic carbocycles. The van der Waals surface area contributed by atoms with E-state index in [0.29, 0.717) is 17.7 Å². The lowest BCUT2D eigenvalue weighted by Crippen LogP contribution is -2.55. The third kappa shape index (κ3) is 4.80. The van der Waals surface area contributed by atoms with Gasteiger partial charge < -0.3 is 4.74 Å². The number of benzene rings is 1. The van der Waals surface area contributed by atoms with E-state index in [1.807, 2.05) is 6.07 Å². The summed E-state index contributed by atoms with van der Waals surface area (Å²) < 4.78 is 5.03. The highest BCUT2D eigenvalue weighted by Gasteiger charge is 2.36. The highest BCUT2D eigenvalue weighted by molar-refractivity contribution is 7.99. The summed E-state index contributed by atoms with van der Waals surface area (Å²) in [4.78, 5) is 36.3. The van der Waals surface area contributed by atoms with E-state index < -0.39 is 17.9 Å². The van der Waals surface area contributed by atoms with Crippen molar-refractivity contribution in [1.29, 1.82) is 0 Å². The lowest BCUT2D eigenvalue weighted by Gasteiger charge is -2.28. The predicted octanol–water partition coefficient (Wildman–Crippen LogP) is 1.17. The molecule has 1 amide bonds. The van der Waals surface area contributed by atoms with Gasteiger partial charge in [0.1, 0.15) is 11.8 Å². The summed E-state index contributed by atoms with van der Waals surface area (Å²) in [6, 6.07) is 7.76. The zero-order valence-corrected chi connectivity index (χ0v) is 13.7. The lowest BCUT2D eigenvalue weighted by molar-refractivity contribution is -0.149. The van der Waals surface area contributed by atoms with E-state index in [1.165, 1.54) is 0 Å². The van der Waals surface area contributed by atoms with Gasteiger partial charge in [-0.2, -0.15) is 11.8 Å². The Bertz CT molecular complexity index is 564. The summed E-state index contributed by atoms with van der Waals surface area (Å²) in [5.74, 6) is -0.0673. The Labute approximate surface area is 139 Å². The molecule has 2 unspecified atom stereocenters. The van der Waals surface area contributed by atoms with Crippen molar-refractivity contribution in [3.8, 4) is 0 Å². The van der Waals surface area contributed by atoms with Crippen LogP contribution in [0.15, 0.2) is 30.3 Å². The van der Waals surface area contributed by atoms with Gasteiger partial charge in [-0.15, -0.1) is 0 Å². The van der Waals surface area contributed by atoms with E-state index >= 15 is 0 Å². The smallest absolute Gasteiger partial charge is 0.325 e. The number of ether oxygens (including phenoxy) is 1. The van der Waals surface area contributed by atoms with Crippen LogP contribution in [0.4, 0.5) is 0 Å². The van der Waals surface area contributed by atoms with Crippen molar-refractivity contribution < 1.29 is 19.1 Å². The van der Waals surface area contributed by atoms with Gasteiger partial charge in [-0.25, -0.2) is 5.43 Å². The van der Waals surface area contributed by atoms with Crippen LogP contribution in [0.5, 0.6) is 0 Å². The summed E-state index contributed by atoms with van der Waals surface area (Å²) in [7, 11) is 0. The van der Waals surface area contributed by atoms with E-state index in [1.54, 1.807) is 43.0 Å². The molecule has 0 saturated carbocycles. The number of hydrogen-bond acceptors (Lipinski definition) is 6. The number of hydrazine groups is 1. The first-order valence-corrected chi connectivity index (χ1v) is 8.67. The zero-order valence-electron chi connectivity index (χ0n) is 12.9. The number of carbonyl (C=O) groups excluding carboxylic acids is 3. The molecule has 7 heteroatoms. The van der Waals surface area contributed by atoms with Gasteiger partial charge >= 0.3 is 5.97 Å². The number of ketones is 1. The molecule has 0 spiro atoms. The fourth-order valence-corrected chi connectivity index (χ4v) is 3.45. The third-order valence-corrected chi connectivity index (χ3v) is 4.61. The molecule has 2 atom stereocenters. The summed E-state index contributed by atoms with van der Waals surface area (Å²) in [6.07, 6.45) is 0.430. The van der Waals surface area contributed by atoms with Crippen molar-refractivity contribution >= 4 is 29.4 Å². The van der Waals surface area contributed by atoms with Crippen molar-refractivity contribution in [2.24, 2.45) is 5.92 Å². The first kappa shape index (κ1) is 17.5. The van der Waals surface area contributed by atoms with E-state index in [-0.39, 0.29) is 18.3 Å². The topological polar surface area (TPSA) is 84.5 Å². The largest absolute Gasteiger partial charge is 0.465 e. The number of rotatable bonds is 6. The number of nitrogens with one attached hydrogen (secondary N) is 2. The maximum atomic E-state index is 12.1. The number of hydrogen-bond donors (Lipinski definition) is 2. The number of esters is 1. The molecular formula is C16H20N2O4S. The molecule has 1 fully saturated rings. The third-order valence-electron chi connectivity index (χ3n) is 3.52. The molecule has 124 valence electrons. The molecule has 0 radical (unpaired) electrons. The van der Waals surface area contributed by atoms with Crippen molar-refractivity contribution in [2.75, 3.05) is 18.1 Å². The Morgan fingerprint density at radius 1 is 1.35 bits per heavy atom. The van der Waals surface area contributed by atoms with Crippen molar-refractivity contribution in [3.63, 3.8) is 0 Å². The molecular weight excluding hydrogens is 316 g/mol. The Balaban J connectivity index is 2.04. The maximum Gasteiger partial charge on any atom is 0.325 e. The Morgan fingerprint density at radius 2 is 2.09 bits per heavy atom. The van der Waals surface area contributed by atoms with E-state index in [0.717, 1.165) is 5.75 Å². The van der Waals surface area contributed by atoms with Crippen LogP contribution >= 0.6 is 11.8 Å². The van der Waals surface area contributed by atoms with Crippen LogP contribution in [0.25, 0.3) is 0 Å². The van der Waals surface area contributed by atoms with Gasteiger partial charge in [-0.05, 0) is 19.1 Å². The van der Waals surface area contributed by atoms with Gasteiger partial charge in [0.25, 0.3) is 5.91 Å². The summed E-state index contributed by atoms with van der Waals surface area (Å²) in [5, 5.41) is 0. The van der Waals surface area contributed by atoms with E-state index in [4.69, 9.17) is 4.74 Å². The standard InChI is InChI=1S/C16H20N2O4S/c1-2-22-16(21)14(12-10-23-9-8-13(12)19)17-18-15(20)11-6-4-3-5-7-11/h3-7,12,14,17H,2,8-10H2,1H3,(H,18,20). The van der Waals surface area contributed by atoms with E-state index in [2.05, 4.69) is 10.9 Å². The molecule has 1 aromatic rings. The Morgan fingerprint density at radius 3 is 2.74 bits per heavy atom. The first-order valence-electron chi connectivity index (χ1n) is 7.51. The number of amides is 1. The SMILES string of the molecule is CCOC(=O)C(NNC(=O)c1ccccc1)C1CSCCC1=O. The summed E-state index contributed by atoms with van der Waals surface area (Å²) in [5.41, 5.74) is 5.66. The van der Waals surface area contributed by atoms with Crippen molar-refractivity contribution in [3.05, 3.63) is 35.9 Å². The van der Waals surface area contributed by atoms with Crippen LogP contribution in [0.2, 0.25) is 0 Å². The van der Waals surface area contributed by atoms with Gasteiger partial charge in [-0.3, -0.25) is 19.8 Å². The van der Waals surface area contributed by atoms with Crippen LogP contribution in [-0.2, 0) is 14.3 Å². The average molecular weight is 336 g/mol. The van der Waals surface area contributed by atoms with Gasteiger partial charge in [-0.1, -0.05) is 18.2 Å². The van der Waals surface area contributed by atoms with E-state index in [9.17, 15) is 14.4 Å². The molecule has 0 aliphatic carbocycles. The fraction of sp³-hybridized carbons (Fsp3) is 0.438. The summed E-state index contributed by atoms with van der Waals surface area (Å²) in [6.45, 7) is 1.92. The van der Waals surface area contributed by atoms with Crippen LogP contribution < -0.4 is 10.9 Å². The molecule has 0 bridgehead atoms. The molecule has 0 aromatic heterocycles. The quantitative estimate of drug-likeness (QED) is 0.599. The number of thioether (sulfide) groups is 1. The molecule has 1 saturated heterocycles. The Kier molecular flexibility index (Phi) is 6.61. The highest BCUT2D eigenvalue weighted by Crippen LogP contribution is 2.23. The molecule has 1 heterocycles. The second-order valence-corrected chi connectivity index (χ2v) is 6.24. The second-order valence-electron chi connectivity index (χ2n) is 5.09. The Hall–Kier alpha value is -1.86. The fourth-order valence-electron chi connectivity index (χ4n) is 2.30. The molecule has 1 aliphatic rings. The van der Waals surface area contributed by atoms with Crippen LogP contribution in [0, 0.1) is 5.92 Å². The molecule has 23 heavy (non-hydrogen) atoms. The predicted molar refractivity (Wildman–Crippen MR) is 87.9 cm³/mol. The number of carbonyl (C=O) groups is 3. The van der Waals surface area contributed by atoms with Gasteiger partial charge in [0.05, 0.1) is 12.5 Å². The van der Waals surface area contributed by atoms with Crippen molar-refractivity contribution in [2.45, 2.75) is 19.4 Å². The molecule has 2 rings (SSSR count). The van der Waals surface area contributed by atoms with Crippen molar-refractivity contribution in [1.82, 2.24) is 10.9 Å². The highest BCUT2D eigenvalue weighted by atomic mass is 32.2. The molecule has 1 aliphatic heterocycles. The lowest BCUT2D eigenvalue weighted by atomic mass is 9.95. The minimum atomic E-state index is -0.872. The van der Waals surface area contributed by atoms with Crippen LogP contribution in [0.3, 0.4) is 0 Å². The van der Waals surface area contributed by atoms with Gasteiger partial charge in [0, 0.05) is 23.5 Å². The first-order chi connectivity index (χ1) is 11.1. The van der Waals surface area contributed by atoms with Crippen LogP contribution in [-0.4, -0.2) is 41.8 Å². The molecule has 2 N–H and O–H groups in total. The second kappa shape index (κ2) is 8.69. The van der Waals surface area contributed by atoms with Crippen LogP contribution in [0.1, 0.15) is 23.7 Å². The van der Waals surface area contributed by atoms with Gasteiger partial charge in [0.2, 0.25) is 0 Å². The minimum Gasteiger partial charge on any atom is -0.465 e. The normalized spacial score (nSPS) is 19.0. The summed E-state index contributed by atoms with van der Waals surface area (Å²) >= 11 is 1.62. The van der Waals surface area contributed by atoms with Gasteiger partial charge in [0.15, 0.2) is 0 Å². The average Bonchev–Trinajstić information content (AvgIpc) is 2.57.